The molecule has 0 atom stereocenters. The first-order chi connectivity index (χ1) is 18.8. The molecule has 0 aromatic carbocycles. The Morgan fingerprint density at radius 1 is 0.929 bits per heavy atom. The minimum atomic E-state index is -5.08. The Bertz CT molecular complexity index is 1190. The number of nitrogens with two attached hydrogens (primary N) is 1. The highest BCUT2D eigenvalue weighted by Gasteiger charge is 2.39. The second kappa shape index (κ2) is 13.5. The smallest absolute Gasteiger partial charge is 0.475 e. The second-order valence-corrected chi connectivity index (χ2v) is 9.66. The van der Waals surface area contributed by atoms with Crippen molar-refractivity contribution < 1.29 is 59.3 Å². The number of hydrogen-bond acceptors (Lipinski definition) is 8. The lowest BCUT2D eigenvalue weighted by Gasteiger charge is -2.34. The van der Waals surface area contributed by atoms with Crippen LogP contribution in [-0.2, 0) is 27.8 Å². The zero-order chi connectivity index (χ0) is 32.8. The molecule has 3 heterocycles. The molecule has 1 aliphatic rings. The van der Waals surface area contributed by atoms with Crippen LogP contribution >= 0.6 is 0 Å². The van der Waals surface area contributed by atoms with Crippen molar-refractivity contribution in [1.82, 2.24) is 25.0 Å². The highest BCUT2D eigenvalue weighted by Crippen LogP contribution is 2.32. The molecule has 1 saturated heterocycles. The van der Waals surface area contributed by atoms with Gasteiger partial charge in [-0.3, -0.25) is 4.68 Å². The van der Waals surface area contributed by atoms with Gasteiger partial charge in [-0.05, 0) is 46.5 Å². The molecule has 1 aliphatic heterocycles. The van der Waals surface area contributed by atoms with E-state index in [0.29, 0.717) is 42.6 Å². The van der Waals surface area contributed by atoms with Gasteiger partial charge in [0.2, 0.25) is 5.82 Å². The first-order valence-corrected chi connectivity index (χ1v) is 11.8. The first kappa shape index (κ1) is 36.3. The summed E-state index contributed by atoms with van der Waals surface area (Å²) in [6.07, 6.45) is -11.2. The Morgan fingerprint density at radius 2 is 1.38 bits per heavy atom. The fourth-order valence-electron chi connectivity index (χ4n) is 3.32. The van der Waals surface area contributed by atoms with Crippen molar-refractivity contribution in [2.75, 3.05) is 18.0 Å². The largest absolute Gasteiger partial charge is 0.490 e. The molecule has 20 heteroatoms. The number of alkyl halides is 9. The molecule has 11 nitrogen and oxygen atoms in total. The van der Waals surface area contributed by atoms with Gasteiger partial charge in [0.25, 0.3) is 0 Å². The number of rotatable bonds is 4. The number of carbonyl (C=O) groups is 2. The van der Waals surface area contributed by atoms with Crippen molar-refractivity contribution >= 4 is 17.8 Å². The van der Waals surface area contributed by atoms with Gasteiger partial charge in [-0.2, -0.15) is 39.5 Å². The predicted octanol–water partition coefficient (Wildman–Crippen LogP) is 4.08. The number of carboxylic acid groups (broad SMARTS) is 2. The molecule has 42 heavy (non-hydrogen) atoms. The Hall–Kier alpha value is -3.71. The van der Waals surface area contributed by atoms with Crippen molar-refractivity contribution in [3.8, 4) is 0 Å². The van der Waals surface area contributed by atoms with E-state index in [2.05, 4.69) is 20.3 Å². The number of hydrogen-bond donors (Lipinski definition) is 3. The molecular formula is C22H28F9N7O4. The monoisotopic (exact) mass is 625 g/mol. The summed E-state index contributed by atoms with van der Waals surface area (Å²) in [7, 11) is 0. The van der Waals surface area contributed by atoms with E-state index in [1.807, 2.05) is 24.9 Å². The Labute approximate surface area is 232 Å². The van der Waals surface area contributed by atoms with Crippen molar-refractivity contribution in [3.63, 3.8) is 0 Å². The van der Waals surface area contributed by atoms with Crippen molar-refractivity contribution in [2.45, 2.75) is 71.1 Å². The number of anilines is 1. The van der Waals surface area contributed by atoms with Crippen molar-refractivity contribution in [2.24, 2.45) is 11.7 Å². The average molecular weight is 625 g/mol. The summed E-state index contributed by atoms with van der Waals surface area (Å²) in [4.78, 5) is 27.1. The lowest BCUT2D eigenvalue weighted by molar-refractivity contribution is -0.193. The maximum absolute atomic E-state index is 13.1. The minimum Gasteiger partial charge on any atom is -0.475 e. The van der Waals surface area contributed by atoms with Crippen LogP contribution in [0.5, 0.6) is 0 Å². The number of aryl methyl sites for hydroxylation is 1. The lowest BCUT2D eigenvalue weighted by atomic mass is 9.96. The molecule has 0 spiro atoms. The number of carboxylic acids is 2. The van der Waals surface area contributed by atoms with E-state index in [4.69, 9.17) is 25.5 Å². The summed E-state index contributed by atoms with van der Waals surface area (Å²) in [6, 6.07) is 0. The van der Waals surface area contributed by atoms with Crippen molar-refractivity contribution in [3.05, 3.63) is 29.0 Å². The molecule has 2 aromatic heterocycles. The van der Waals surface area contributed by atoms with E-state index in [9.17, 15) is 39.5 Å². The predicted molar refractivity (Wildman–Crippen MR) is 126 cm³/mol. The van der Waals surface area contributed by atoms with Crippen LogP contribution in [-0.4, -0.2) is 72.6 Å². The number of halogens is 9. The van der Waals surface area contributed by atoms with Gasteiger partial charge >= 0.3 is 30.5 Å². The van der Waals surface area contributed by atoms with Crippen molar-refractivity contribution in [1.29, 1.82) is 0 Å². The van der Waals surface area contributed by atoms with Crippen LogP contribution in [0.15, 0.2) is 6.20 Å². The molecule has 0 bridgehead atoms. The fraction of sp³-hybridized carbons (Fsp3) is 0.636. The van der Waals surface area contributed by atoms with Crippen LogP contribution in [0.2, 0.25) is 0 Å². The van der Waals surface area contributed by atoms with Crippen LogP contribution in [0.1, 0.15) is 49.5 Å². The Kier molecular flexibility index (Phi) is 11.7. The third-order valence-electron chi connectivity index (χ3n) is 5.66. The van der Waals surface area contributed by atoms with Gasteiger partial charge in [-0.25, -0.2) is 19.6 Å². The van der Waals surface area contributed by atoms with Gasteiger partial charge in [0.15, 0.2) is 0 Å². The molecular weight excluding hydrogens is 597 g/mol. The zero-order valence-corrected chi connectivity index (χ0v) is 22.6. The first-order valence-electron chi connectivity index (χ1n) is 11.8. The van der Waals surface area contributed by atoms with Crippen LogP contribution in [0, 0.1) is 19.8 Å². The molecule has 2 aromatic rings. The van der Waals surface area contributed by atoms with Gasteiger partial charge in [-0.15, -0.1) is 5.10 Å². The van der Waals surface area contributed by atoms with E-state index in [1.54, 1.807) is 18.5 Å². The van der Waals surface area contributed by atoms with E-state index in [0.717, 1.165) is 18.5 Å². The highest BCUT2D eigenvalue weighted by atomic mass is 19.4. The van der Waals surface area contributed by atoms with Crippen LogP contribution in [0.25, 0.3) is 0 Å². The summed E-state index contributed by atoms with van der Waals surface area (Å²) in [5.41, 5.74) is 7.28. The summed E-state index contributed by atoms with van der Waals surface area (Å²) in [5, 5.41) is 22.5. The maximum atomic E-state index is 13.1. The summed E-state index contributed by atoms with van der Waals surface area (Å²) in [6.45, 7) is 9.10. The lowest BCUT2D eigenvalue weighted by Crippen LogP contribution is -2.36. The van der Waals surface area contributed by atoms with Gasteiger partial charge in [0.1, 0.15) is 11.5 Å². The molecule has 0 amide bonds. The molecule has 4 N–H and O–H groups in total. The average Bonchev–Trinajstić information content (AvgIpc) is 3.29. The SMILES string of the molecule is Cc1nc(C(F)(F)F)nc(N2CCC(Cn3cc(C(C)(C)N)nn3)CC2)c1C.O=C(O)C(F)(F)F.O=C(O)C(F)(F)F. The molecule has 1 fully saturated rings. The van der Waals surface area contributed by atoms with Crippen LogP contribution in [0.3, 0.4) is 0 Å². The zero-order valence-electron chi connectivity index (χ0n) is 22.6. The summed E-state index contributed by atoms with van der Waals surface area (Å²) < 4.78 is 104. The molecule has 0 saturated carbocycles. The van der Waals surface area contributed by atoms with Gasteiger partial charge < -0.3 is 20.8 Å². The van der Waals surface area contributed by atoms with E-state index in [1.165, 1.54) is 0 Å². The van der Waals surface area contributed by atoms with Crippen LogP contribution < -0.4 is 10.6 Å². The minimum absolute atomic E-state index is 0.360. The third-order valence-corrected chi connectivity index (χ3v) is 5.66. The van der Waals surface area contributed by atoms with Gasteiger partial charge in [-0.1, -0.05) is 5.21 Å². The summed E-state index contributed by atoms with van der Waals surface area (Å²) >= 11 is 0. The van der Waals surface area contributed by atoms with Crippen LogP contribution in [0.4, 0.5) is 45.3 Å². The second-order valence-electron chi connectivity index (χ2n) is 9.66. The van der Waals surface area contributed by atoms with Gasteiger partial charge in [0, 0.05) is 30.9 Å². The topological polar surface area (TPSA) is 160 Å². The molecule has 0 unspecified atom stereocenters. The molecule has 238 valence electrons. The standard InChI is InChI=1S/C18H26F3N7.2C2HF3O2/c1-11-12(2)23-16(18(19,20)21)24-15(11)27-7-5-13(6-8-27)9-28-10-14(25-26-28)17(3,4)22;2*3-2(4,5)1(6)7/h10,13H,5-9,22H2,1-4H3;2*(H,6,7). The molecule has 0 radical (unpaired) electrons. The number of piperidine rings is 1. The highest BCUT2D eigenvalue weighted by molar-refractivity contribution is 5.73. The Balaban J connectivity index is 0.000000522. The third kappa shape index (κ3) is 11.3. The van der Waals surface area contributed by atoms with Gasteiger partial charge in [0.05, 0.1) is 11.7 Å². The maximum Gasteiger partial charge on any atom is 0.490 e. The molecule has 0 aliphatic carbocycles. The van der Waals surface area contributed by atoms with E-state index < -0.39 is 41.8 Å². The number of aromatic nitrogens is 5. The van der Waals surface area contributed by atoms with E-state index in [-0.39, 0.29) is 0 Å². The number of nitrogens with zero attached hydrogens (tertiary/aromatic N) is 6. The summed E-state index contributed by atoms with van der Waals surface area (Å²) in [5.74, 6) is -5.84. The molecule has 3 rings (SSSR count). The Morgan fingerprint density at radius 3 is 1.74 bits per heavy atom. The normalized spacial score (nSPS) is 14.9. The quantitative estimate of drug-likeness (QED) is 0.423. The number of aliphatic carboxylic acids is 2. The fourth-order valence-corrected chi connectivity index (χ4v) is 3.32. The van der Waals surface area contributed by atoms with E-state index >= 15 is 0 Å².